The molecule has 0 radical (unpaired) electrons. The topological polar surface area (TPSA) is 0 Å². The number of hydrogen-bond acceptors (Lipinski definition) is 0. The molecule has 0 unspecified atom stereocenters. The highest BCUT2D eigenvalue weighted by Gasteiger charge is 2.39. The lowest BCUT2D eigenvalue weighted by atomic mass is 9.77. The van der Waals surface area contributed by atoms with E-state index in [9.17, 15) is 26.3 Å². The van der Waals surface area contributed by atoms with Gasteiger partial charge in [-0.05, 0) is 142 Å². The minimum Gasteiger partial charge on any atom is -0.166 e. The Labute approximate surface area is 371 Å². The number of rotatable bonds is 5. The van der Waals surface area contributed by atoms with Crippen LogP contribution < -0.4 is 0 Å². The minimum absolute atomic E-state index is 0.136. The molecule has 0 spiro atoms. The fourth-order valence-electron chi connectivity index (χ4n) is 7.90. The molecule has 0 heterocycles. The molecule has 6 aromatic carbocycles. The summed E-state index contributed by atoms with van der Waals surface area (Å²) in [5.41, 5.74) is -0.990. The number of halogens is 9. The zero-order valence-electron chi connectivity index (χ0n) is 38.4. The van der Waals surface area contributed by atoms with Gasteiger partial charge in [0.1, 0.15) is 0 Å². The van der Waals surface area contributed by atoms with Gasteiger partial charge < -0.3 is 0 Å². The van der Waals surface area contributed by atoms with Crippen molar-refractivity contribution in [1.82, 2.24) is 0 Å². The van der Waals surface area contributed by atoms with Crippen LogP contribution in [0.15, 0.2) is 115 Å². The molecule has 0 N–H and O–H groups in total. The van der Waals surface area contributed by atoms with Gasteiger partial charge in [0, 0.05) is 0 Å². The fourth-order valence-corrected chi connectivity index (χ4v) is 7.90. The van der Waals surface area contributed by atoms with Gasteiger partial charge in [0.25, 0.3) is 0 Å². The molecule has 0 aliphatic carbocycles. The summed E-state index contributed by atoms with van der Waals surface area (Å²) in [7, 11) is 0. The molecule has 0 nitrogen and oxygen atoms in total. The van der Waals surface area contributed by atoms with Crippen molar-refractivity contribution in [3.05, 3.63) is 154 Å². The largest absolute Gasteiger partial charge is 0.417 e. The molecule has 0 aliphatic heterocycles. The van der Waals surface area contributed by atoms with Crippen molar-refractivity contribution in [2.45, 2.75) is 123 Å². The van der Waals surface area contributed by atoms with Gasteiger partial charge >= 0.3 is 18.5 Å². The Kier molecular flexibility index (Phi) is 12.3. The first-order valence-electron chi connectivity index (χ1n) is 21.2. The third-order valence-electron chi connectivity index (χ3n) is 11.7. The van der Waals surface area contributed by atoms with Crippen LogP contribution in [-0.2, 0) is 40.2 Å². The molecule has 64 heavy (non-hydrogen) atoms. The average Bonchev–Trinajstić information content (AvgIpc) is 3.17. The van der Waals surface area contributed by atoms with Gasteiger partial charge in [0.2, 0.25) is 0 Å². The summed E-state index contributed by atoms with van der Waals surface area (Å²) in [5, 5.41) is 0. The van der Waals surface area contributed by atoms with Gasteiger partial charge in [0.15, 0.2) is 0 Å². The SMILES string of the molecule is CC(C)(C)c1cc(-c2cc(-c3cc(C(C)(C)C)cc(C(C)(C)C)c3)cc(-c3c(-c4ccccc4C(F)(F)F)cc(C(F)(F)F)cc3-c3ccccc3C(F)(F)F)c2)cc(C(C)(C)C)c1. The van der Waals surface area contributed by atoms with Gasteiger partial charge in [0.05, 0.1) is 16.7 Å². The Hall–Kier alpha value is -5.31. The van der Waals surface area contributed by atoms with E-state index in [0.29, 0.717) is 23.3 Å². The summed E-state index contributed by atoms with van der Waals surface area (Å²) in [6, 6.07) is 27.4. The summed E-state index contributed by atoms with van der Waals surface area (Å²) in [5.74, 6) is 0. The highest BCUT2D eigenvalue weighted by molar-refractivity contribution is 5.99. The Morgan fingerprint density at radius 2 is 0.547 bits per heavy atom. The van der Waals surface area contributed by atoms with Crippen LogP contribution in [0.1, 0.15) is 122 Å². The van der Waals surface area contributed by atoms with Gasteiger partial charge in [-0.3, -0.25) is 0 Å². The van der Waals surface area contributed by atoms with Crippen molar-refractivity contribution in [2.75, 3.05) is 0 Å². The summed E-state index contributed by atoms with van der Waals surface area (Å²) >= 11 is 0. The molecule has 0 saturated carbocycles. The smallest absolute Gasteiger partial charge is 0.166 e. The molecule has 0 saturated heterocycles. The lowest BCUT2D eigenvalue weighted by Crippen LogP contribution is -2.16. The number of hydrogen-bond donors (Lipinski definition) is 0. The van der Waals surface area contributed by atoms with Crippen LogP contribution >= 0.6 is 0 Å². The van der Waals surface area contributed by atoms with Gasteiger partial charge in [-0.25, -0.2) is 0 Å². The normalized spacial score (nSPS) is 13.4. The lowest BCUT2D eigenvalue weighted by molar-refractivity contribution is -0.137. The van der Waals surface area contributed by atoms with Crippen molar-refractivity contribution >= 4 is 0 Å². The quantitative estimate of drug-likeness (QED) is 0.151. The van der Waals surface area contributed by atoms with Gasteiger partial charge in [-0.2, -0.15) is 39.5 Å². The van der Waals surface area contributed by atoms with E-state index in [2.05, 4.69) is 95.2 Å². The maximum Gasteiger partial charge on any atom is 0.417 e. The zero-order chi connectivity index (χ0) is 47.7. The third-order valence-corrected chi connectivity index (χ3v) is 11.7. The molecule has 6 aromatic rings. The second-order valence-electron chi connectivity index (χ2n) is 20.9. The lowest BCUT2D eigenvalue weighted by Gasteiger charge is -2.28. The Morgan fingerprint density at radius 3 is 0.828 bits per heavy atom. The summed E-state index contributed by atoms with van der Waals surface area (Å²) in [6.07, 6.45) is -15.2. The molecule has 0 aromatic heterocycles. The fraction of sp³-hybridized carbons (Fsp3) is 0.345. The number of alkyl halides is 9. The molecular weight excluding hydrogens is 832 g/mol. The maximum absolute atomic E-state index is 15.0. The molecular formula is C55H55F9. The maximum atomic E-state index is 15.0. The minimum atomic E-state index is -5.15. The predicted molar refractivity (Wildman–Crippen MR) is 243 cm³/mol. The Morgan fingerprint density at radius 1 is 0.266 bits per heavy atom. The molecule has 0 aliphatic rings. The predicted octanol–water partition coefficient (Wildman–Crippen LogP) is 18.3. The van der Waals surface area contributed by atoms with Crippen LogP contribution in [0.2, 0.25) is 0 Å². The summed E-state index contributed by atoms with van der Waals surface area (Å²) < 4.78 is 135. The van der Waals surface area contributed by atoms with Crippen molar-refractivity contribution in [3.63, 3.8) is 0 Å². The van der Waals surface area contributed by atoms with Crippen LogP contribution in [0.5, 0.6) is 0 Å². The third kappa shape index (κ3) is 10.3. The van der Waals surface area contributed by atoms with E-state index < -0.39 is 57.5 Å². The molecule has 0 amide bonds. The molecule has 0 bridgehead atoms. The van der Waals surface area contributed by atoms with Crippen LogP contribution in [-0.4, -0.2) is 0 Å². The van der Waals surface area contributed by atoms with E-state index in [1.807, 2.05) is 30.3 Å². The average molecular weight is 887 g/mol. The van der Waals surface area contributed by atoms with Crippen molar-refractivity contribution in [1.29, 1.82) is 0 Å². The molecule has 338 valence electrons. The van der Waals surface area contributed by atoms with E-state index >= 15 is 13.2 Å². The highest BCUT2D eigenvalue weighted by atomic mass is 19.4. The second-order valence-corrected chi connectivity index (χ2v) is 20.9. The van der Waals surface area contributed by atoms with Crippen LogP contribution in [0, 0.1) is 0 Å². The van der Waals surface area contributed by atoms with E-state index in [4.69, 9.17) is 0 Å². The monoisotopic (exact) mass is 886 g/mol. The van der Waals surface area contributed by atoms with Crippen molar-refractivity contribution in [2.24, 2.45) is 0 Å². The van der Waals surface area contributed by atoms with Crippen LogP contribution in [0.4, 0.5) is 39.5 Å². The van der Waals surface area contributed by atoms with E-state index in [1.54, 1.807) is 12.1 Å². The first kappa shape index (κ1) is 48.2. The van der Waals surface area contributed by atoms with E-state index in [-0.39, 0.29) is 32.8 Å². The standard InChI is InChI=1S/C55H55F9/c1-49(2,3)37-24-34(25-38(28-37)50(4,5)6)32-21-33(35-26-39(51(7,8)9)29-40(27-35)52(10,11)12)23-36(22-32)48-44(42-17-13-15-19-46(42)54(59,60)61)30-41(53(56,57)58)31-45(48)43-18-14-16-20-47(43)55(62,63)64/h13-31H,1-12H3. The van der Waals surface area contributed by atoms with Crippen molar-refractivity contribution in [3.8, 4) is 55.6 Å². The first-order valence-corrected chi connectivity index (χ1v) is 21.2. The molecule has 6 rings (SSSR count). The second kappa shape index (κ2) is 16.3. The first-order chi connectivity index (χ1) is 29.1. The molecule has 0 atom stereocenters. The van der Waals surface area contributed by atoms with Gasteiger partial charge in [-0.15, -0.1) is 0 Å². The molecule has 0 fully saturated rings. The van der Waals surface area contributed by atoms with E-state index in [0.717, 1.165) is 69.8 Å². The highest BCUT2D eigenvalue weighted by Crippen LogP contribution is 2.51. The van der Waals surface area contributed by atoms with Gasteiger partial charge in [-0.1, -0.05) is 156 Å². The Balaban J connectivity index is 1.91. The molecule has 9 heteroatoms. The summed E-state index contributed by atoms with van der Waals surface area (Å²) in [4.78, 5) is 0. The van der Waals surface area contributed by atoms with Crippen molar-refractivity contribution < 1.29 is 39.5 Å². The summed E-state index contributed by atoms with van der Waals surface area (Å²) in [6.45, 7) is 24.9. The van der Waals surface area contributed by atoms with Crippen LogP contribution in [0.3, 0.4) is 0 Å². The Bertz CT molecular complexity index is 2460. The van der Waals surface area contributed by atoms with E-state index in [1.165, 1.54) is 12.1 Å². The zero-order valence-corrected chi connectivity index (χ0v) is 38.4. The van der Waals surface area contributed by atoms with Crippen LogP contribution in [0.25, 0.3) is 55.6 Å². The number of benzene rings is 6.